The molecule has 0 unspecified atom stereocenters. The van der Waals surface area contributed by atoms with Gasteiger partial charge in [-0.15, -0.1) is 0 Å². The maximum absolute atomic E-state index is 12.7. The molecule has 3 rings (SSSR count). The topological polar surface area (TPSA) is 38.3 Å². The van der Waals surface area contributed by atoms with Gasteiger partial charge in [0.15, 0.2) is 0 Å². The minimum Gasteiger partial charge on any atom is -0.493 e. The van der Waals surface area contributed by atoms with Crippen molar-refractivity contribution in [2.75, 3.05) is 11.9 Å². The minimum atomic E-state index is -0.174. The molecule has 0 fully saturated rings. The van der Waals surface area contributed by atoms with Crippen molar-refractivity contribution in [2.24, 2.45) is 0 Å². The second kappa shape index (κ2) is 9.49. The van der Waals surface area contributed by atoms with Crippen LogP contribution in [-0.2, 0) is 0 Å². The van der Waals surface area contributed by atoms with E-state index in [-0.39, 0.29) is 5.91 Å². The molecule has 0 saturated heterocycles. The summed E-state index contributed by atoms with van der Waals surface area (Å²) in [6.45, 7) is 4.51. The van der Waals surface area contributed by atoms with E-state index in [0.717, 1.165) is 23.3 Å². The molecular formula is C23H25Cl2NO2. The van der Waals surface area contributed by atoms with Crippen molar-refractivity contribution in [3.63, 3.8) is 0 Å². The molecule has 5 heteroatoms. The van der Waals surface area contributed by atoms with Gasteiger partial charge in [0.2, 0.25) is 0 Å². The molecule has 1 aliphatic rings. The largest absolute Gasteiger partial charge is 0.493 e. The van der Waals surface area contributed by atoms with Gasteiger partial charge in [0, 0.05) is 17.7 Å². The number of allylic oxidation sites excluding steroid dienone is 1. The molecule has 0 aromatic heterocycles. The highest BCUT2D eigenvalue weighted by Gasteiger charge is 2.15. The normalized spacial score (nSPS) is 13.8. The van der Waals surface area contributed by atoms with Crippen molar-refractivity contribution in [1.82, 2.24) is 0 Å². The van der Waals surface area contributed by atoms with Gasteiger partial charge in [0.25, 0.3) is 5.91 Å². The molecule has 2 aromatic rings. The number of hydrogen-bond donors (Lipinski definition) is 1. The Morgan fingerprint density at radius 1 is 1.07 bits per heavy atom. The van der Waals surface area contributed by atoms with Crippen molar-refractivity contribution in [1.29, 1.82) is 0 Å². The van der Waals surface area contributed by atoms with Gasteiger partial charge >= 0.3 is 0 Å². The molecule has 0 bridgehead atoms. The van der Waals surface area contributed by atoms with E-state index in [0.29, 0.717) is 27.9 Å². The summed E-state index contributed by atoms with van der Waals surface area (Å²) in [5, 5.41) is 3.75. The van der Waals surface area contributed by atoms with E-state index in [2.05, 4.69) is 11.4 Å². The van der Waals surface area contributed by atoms with E-state index >= 15 is 0 Å². The smallest absolute Gasteiger partial charge is 0.256 e. The molecule has 28 heavy (non-hydrogen) atoms. The number of anilines is 1. The van der Waals surface area contributed by atoms with Crippen LogP contribution < -0.4 is 10.1 Å². The van der Waals surface area contributed by atoms with Crippen molar-refractivity contribution in [3.05, 3.63) is 68.7 Å². The van der Waals surface area contributed by atoms with E-state index in [1.807, 2.05) is 26.0 Å². The number of carbonyl (C=O) groups excluding carboxylic acids is 1. The van der Waals surface area contributed by atoms with Crippen LogP contribution in [0.25, 0.3) is 0 Å². The quantitative estimate of drug-likeness (QED) is 0.507. The molecule has 1 N–H and O–H groups in total. The van der Waals surface area contributed by atoms with Crippen LogP contribution in [0.2, 0.25) is 10.0 Å². The minimum absolute atomic E-state index is 0.174. The van der Waals surface area contributed by atoms with Crippen molar-refractivity contribution in [3.8, 4) is 5.75 Å². The summed E-state index contributed by atoms with van der Waals surface area (Å²) in [7, 11) is 0. The first-order valence-corrected chi connectivity index (χ1v) is 10.4. The molecule has 0 radical (unpaired) electrons. The number of rotatable bonds is 6. The number of ether oxygens (including phenoxy) is 1. The Balaban J connectivity index is 1.66. The van der Waals surface area contributed by atoms with Gasteiger partial charge in [-0.3, -0.25) is 4.79 Å². The second-order valence-corrected chi connectivity index (χ2v) is 8.04. The summed E-state index contributed by atoms with van der Waals surface area (Å²) in [4.78, 5) is 12.7. The molecule has 0 aliphatic heterocycles. The molecule has 1 amide bonds. The maximum atomic E-state index is 12.7. The summed E-state index contributed by atoms with van der Waals surface area (Å²) in [5.41, 5.74) is 4.51. The third-order valence-corrected chi connectivity index (χ3v) is 5.73. The molecule has 1 aliphatic carbocycles. The Bertz CT molecular complexity index is 882. The van der Waals surface area contributed by atoms with Gasteiger partial charge in [0.1, 0.15) is 5.75 Å². The Kier molecular flexibility index (Phi) is 7.03. The lowest BCUT2D eigenvalue weighted by Gasteiger charge is -2.15. The summed E-state index contributed by atoms with van der Waals surface area (Å²) in [6.07, 6.45) is 8.28. The molecule has 0 saturated carbocycles. The molecular weight excluding hydrogens is 393 g/mol. The summed E-state index contributed by atoms with van der Waals surface area (Å²) in [6, 6.07) is 8.88. The number of aryl methyl sites for hydroxylation is 2. The number of benzene rings is 2. The van der Waals surface area contributed by atoms with Gasteiger partial charge in [-0.25, -0.2) is 0 Å². The fourth-order valence-corrected chi connectivity index (χ4v) is 3.86. The lowest BCUT2D eigenvalue weighted by Crippen LogP contribution is -2.15. The third kappa shape index (κ3) is 5.30. The van der Waals surface area contributed by atoms with E-state index in [4.69, 9.17) is 27.9 Å². The van der Waals surface area contributed by atoms with Gasteiger partial charge in [-0.1, -0.05) is 34.9 Å². The Hall–Kier alpha value is -1.97. The lowest BCUT2D eigenvalue weighted by molar-refractivity contribution is 0.102. The van der Waals surface area contributed by atoms with Crippen LogP contribution in [0.15, 0.2) is 42.0 Å². The maximum Gasteiger partial charge on any atom is 0.256 e. The zero-order valence-electron chi connectivity index (χ0n) is 16.3. The predicted octanol–water partition coefficient (Wildman–Crippen LogP) is 7.13. The zero-order chi connectivity index (χ0) is 20.1. The highest BCUT2D eigenvalue weighted by atomic mass is 35.5. The molecule has 2 aromatic carbocycles. The molecule has 3 nitrogen and oxygen atoms in total. The Labute approximate surface area is 176 Å². The summed E-state index contributed by atoms with van der Waals surface area (Å²) < 4.78 is 5.95. The second-order valence-electron chi connectivity index (χ2n) is 7.22. The monoisotopic (exact) mass is 417 g/mol. The molecule has 148 valence electrons. The van der Waals surface area contributed by atoms with Crippen LogP contribution in [0.5, 0.6) is 5.75 Å². The SMILES string of the molecule is Cc1cc(OCCC2=CCCCC2)cc(C)c1C(=O)Nc1ccc(Cl)c(Cl)c1. The predicted molar refractivity (Wildman–Crippen MR) is 117 cm³/mol. The summed E-state index contributed by atoms with van der Waals surface area (Å²) >= 11 is 12.0. The average molecular weight is 418 g/mol. The fraction of sp³-hybridized carbons (Fsp3) is 0.348. The summed E-state index contributed by atoms with van der Waals surface area (Å²) in [5.74, 6) is 0.629. The van der Waals surface area contributed by atoms with Crippen LogP contribution in [0, 0.1) is 13.8 Å². The Morgan fingerprint density at radius 3 is 2.46 bits per heavy atom. The van der Waals surface area contributed by atoms with Crippen LogP contribution >= 0.6 is 23.2 Å². The number of amides is 1. The first-order chi connectivity index (χ1) is 13.4. The molecule has 0 spiro atoms. The first-order valence-electron chi connectivity index (χ1n) is 9.62. The number of hydrogen-bond acceptors (Lipinski definition) is 2. The standard InChI is InChI=1S/C23H25Cl2NO2/c1-15-12-19(28-11-10-17-6-4-3-5-7-17)13-16(2)22(15)23(27)26-18-8-9-20(24)21(25)14-18/h6,8-9,12-14H,3-5,7,10-11H2,1-2H3,(H,26,27). The van der Waals surface area contributed by atoms with Gasteiger partial charge < -0.3 is 10.1 Å². The molecule has 0 atom stereocenters. The van der Waals surface area contributed by atoms with Crippen LogP contribution in [0.4, 0.5) is 5.69 Å². The average Bonchev–Trinajstić information content (AvgIpc) is 2.65. The molecule has 0 heterocycles. The first kappa shape index (κ1) is 20.8. The van der Waals surface area contributed by atoms with Gasteiger partial charge in [-0.05, 0) is 81.0 Å². The van der Waals surface area contributed by atoms with Crippen LogP contribution in [0.3, 0.4) is 0 Å². The highest BCUT2D eigenvalue weighted by molar-refractivity contribution is 6.42. The van der Waals surface area contributed by atoms with Crippen LogP contribution in [0.1, 0.15) is 53.6 Å². The van der Waals surface area contributed by atoms with Gasteiger partial charge in [-0.2, -0.15) is 0 Å². The number of carbonyl (C=O) groups is 1. The van der Waals surface area contributed by atoms with Gasteiger partial charge in [0.05, 0.1) is 16.7 Å². The number of halogens is 2. The fourth-order valence-electron chi connectivity index (χ4n) is 3.56. The van der Waals surface area contributed by atoms with Crippen LogP contribution in [-0.4, -0.2) is 12.5 Å². The van der Waals surface area contributed by atoms with E-state index in [1.165, 1.54) is 31.3 Å². The number of nitrogens with one attached hydrogen (secondary N) is 1. The third-order valence-electron chi connectivity index (χ3n) is 4.99. The van der Waals surface area contributed by atoms with E-state index < -0.39 is 0 Å². The van der Waals surface area contributed by atoms with E-state index in [9.17, 15) is 4.79 Å². The lowest BCUT2D eigenvalue weighted by atomic mass is 9.97. The Morgan fingerprint density at radius 2 is 1.82 bits per heavy atom. The van der Waals surface area contributed by atoms with Crippen molar-refractivity contribution in [2.45, 2.75) is 46.0 Å². The van der Waals surface area contributed by atoms with Crippen molar-refractivity contribution >= 4 is 34.8 Å². The zero-order valence-corrected chi connectivity index (χ0v) is 17.8. The highest BCUT2D eigenvalue weighted by Crippen LogP contribution is 2.27. The van der Waals surface area contributed by atoms with E-state index in [1.54, 1.807) is 18.2 Å². The van der Waals surface area contributed by atoms with Crippen molar-refractivity contribution < 1.29 is 9.53 Å².